The van der Waals surface area contributed by atoms with E-state index >= 15 is 0 Å². The van der Waals surface area contributed by atoms with Gasteiger partial charge in [-0.25, -0.2) is 14.1 Å². The second-order valence-electron chi connectivity index (χ2n) is 8.76. The van der Waals surface area contributed by atoms with Crippen molar-refractivity contribution in [1.82, 2.24) is 14.9 Å². The standard InChI is InChI=1S/C26H20BrFN4O6S/c1-14-29-24-18(26(35)32(14)21-9-11-23(33)30-25(21)34)6-3-7-20(24)31-39(36,37)17-8-10-22(19(27)13-17)38-16-5-2-4-15(28)12-16/h2-8,10,12-13,21H,9,11H2,1H3,(H2-,30,31,33,34,36,37). The first-order chi connectivity index (χ1) is 18.5. The van der Waals surface area contributed by atoms with Crippen molar-refractivity contribution in [3.05, 3.63) is 87.1 Å². The monoisotopic (exact) mass is 614 g/mol. The third kappa shape index (κ3) is 5.33. The lowest BCUT2D eigenvalue weighted by Gasteiger charge is -2.24. The molecule has 1 saturated heterocycles. The quantitative estimate of drug-likeness (QED) is 0.242. The Labute approximate surface area is 230 Å². The van der Waals surface area contributed by atoms with E-state index in [1.165, 1.54) is 66.1 Å². The fourth-order valence-electron chi connectivity index (χ4n) is 4.30. The molecule has 2 N–H and O–H groups in total. The number of piperidine rings is 1. The first-order valence-corrected chi connectivity index (χ1v) is 13.9. The van der Waals surface area contributed by atoms with Crippen molar-refractivity contribution < 1.29 is 27.5 Å². The third-order valence-corrected chi connectivity index (χ3v) is 8.09. The molecule has 0 aliphatic carbocycles. The number of carbonyl (C=O) groups excluding carboxylic acids is 2. The minimum atomic E-state index is -4.14. The van der Waals surface area contributed by atoms with Gasteiger partial charge in [0.25, 0.3) is 5.56 Å². The first kappa shape index (κ1) is 26.7. The van der Waals surface area contributed by atoms with Crippen LogP contribution in [0.4, 0.5) is 10.1 Å². The molecule has 0 bridgehead atoms. The molecule has 0 saturated carbocycles. The number of hydrogen-bond donors (Lipinski definition) is 2. The van der Waals surface area contributed by atoms with Gasteiger partial charge in [-0.15, -0.1) is 0 Å². The molecule has 1 aliphatic rings. The average Bonchev–Trinajstić information content (AvgIpc) is 2.87. The molecule has 1 aromatic heterocycles. The number of hydrogen-bond acceptors (Lipinski definition) is 7. The third-order valence-electron chi connectivity index (χ3n) is 6.11. The molecule has 2 unspecified atom stereocenters. The average molecular weight is 615 g/mol. The molecule has 2 heterocycles. The van der Waals surface area contributed by atoms with Crippen molar-refractivity contribution in [2.75, 3.05) is 4.72 Å². The van der Waals surface area contributed by atoms with Crippen LogP contribution in [0.3, 0.4) is 0 Å². The van der Waals surface area contributed by atoms with Gasteiger partial charge < -0.3 is 9.29 Å². The highest BCUT2D eigenvalue weighted by Gasteiger charge is 2.31. The number of amides is 2. The number of nitrogens with zero attached hydrogens (tertiary/aromatic N) is 2. The predicted octanol–water partition coefficient (Wildman–Crippen LogP) is 4.39. The Hall–Kier alpha value is -3.94. The second kappa shape index (κ2) is 10.3. The molecular weight excluding hydrogens is 595 g/mol. The SMILES string of the molecule is Cc1nc2c(N[S+](=O)([O-])c3ccc(Oc4cccc(F)c4)c(Br)c3)cccc2c(=O)n1C1CCC(=O)NC1=O. The Balaban J connectivity index is 1.46. The number of ether oxygens (including phenoxy) is 1. The van der Waals surface area contributed by atoms with Crippen LogP contribution in [0.2, 0.25) is 0 Å². The Morgan fingerprint density at radius 3 is 2.64 bits per heavy atom. The van der Waals surface area contributed by atoms with Crippen LogP contribution in [0.25, 0.3) is 10.9 Å². The molecule has 1 aliphatic heterocycles. The Morgan fingerprint density at radius 1 is 1.15 bits per heavy atom. The molecule has 13 heteroatoms. The number of benzene rings is 3. The zero-order valence-corrected chi connectivity index (χ0v) is 22.7. The number of nitrogens with one attached hydrogen (secondary N) is 2. The van der Waals surface area contributed by atoms with Crippen molar-refractivity contribution in [2.24, 2.45) is 0 Å². The van der Waals surface area contributed by atoms with Crippen molar-refractivity contribution in [1.29, 1.82) is 0 Å². The van der Waals surface area contributed by atoms with Gasteiger partial charge in [-0.1, -0.05) is 16.3 Å². The van der Waals surface area contributed by atoms with E-state index in [4.69, 9.17) is 4.74 Å². The van der Waals surface area contributed by atoms with Gasteiger partial charge >= 0.3 is 0 Å². The van der Waals surface area contributed by atoms with Crippen LogP contribution < -0.4 is 20.3 Å². The van der Waals surface area contributed by atoms with E-state index < -0.39 is 39.6 Å². The molecule has 39 heavy (non-hydrogen) atoms. The van der Waals surface area contributed by atoms with Crippen LogP contribution in [0.5, 0.6) is 11.5 Å². The predicted molar refractivity (Wildman–Crippen MR) is 143 cm³/mol. The van der Waals surface area contributed by atoms with E-state index in [0.717, 1.165) is 0 Å². The molecule has 3 aromatic carbocycles. The number of carbonyl (C=O) groups is 2. The molecule has 4 aromatic rings. The van der Waals surface area contributed by atoms with Gasteiger partial charge in [-0.3, -0.25) is 24.3 Å². The highest BCUT2D eigenvalue weighted by atomic mass is 79.9. The summed E-state index contributed by atoms with van der Waals surface area (Å²) in [5.41, 5.74) is -0.355. The van der Waals surface area contributed by atoms with Gasteiger partial charge in [0.1, 0.15) is 40.4 Å². The highest BCUT2D eigenvalue weighted by Crippen LogP contribution is 2.34. The summed E-state index contributed by atoms with van der Waals surface area (Å²) < 4.78 is 49.6. The number of para-hydroxylation sites is 1. The number of fused-ring (bicyclic) bond motifs is 1. The van der Waals surface area contributed by atoms with E-state index in [2.05, 4.69) is 31.0 Å². The normalized spacial score (nSPS) is 17.0. The number of anilines is 1. The summed E-state index contributed by atoms with van der Waals surface area (Å²) in [5.74, 6) is -0.775. The molecule has 2 amide bonds. The summed E-state index contributed by atoms with van der Waals surface area (Å²) in [5, 5.41) is 2.33. The molecule has 0 spiro atoms. The number of rotatable bonds is 6. The number of aromatic nitrogens is 2. The minimum Gasteiger partial charge on any atom is -0.588 e. The molecule has 10 nitrogen and oxygen atoms in total. The summed E-state index contributed by atoms with van der Waals surface area (Å²) in [7, 11) is -4.14. The van der Waals surface area contributed by atoms with E-state index in [-0.39, 0.29) is 51.7 Å². The Bertz CT molecular complexity index is 1760. The number of halogens is 2. The van der Waals surface area contributed by atoms with Crippen LogP contribution in [-0.4, -0.2) is 25.9 Å². The van der Waals surface area contributed by atoms with Crippen molar-refractivity contribution in [2.45, 2.75) is 30.7 Å². The summed E-state index contributed by atoms with van der Waals surface area (Å²) in [6, 6.07) is 13.1. The molecule has 5 rings (SSSR count). The summed E-state index contributed by atoms with van der Waals surface area (Å²) in [6.07, 6.45) is 0.237. The second-order valence-corrected chi connectivity index (χ2v) is 11.3. The fourth-order valence-corrected chi connectivity index (χ4v) is 6.00. The maximum Gasteiger partial charge on any atom is 0.262 e. The van der Waals surface area contributed by atoms with Crippen molar-refractivity contribution in [3.63, 3.8) is 0 Å². The van der Waals surface area contributed by atoms with E-state index in [9.17, 15) is 27.5 Å². The van der Waals surface area contributed by atoms with Gasteiger partial charge in [0.2, 0.25) is 11.8 Å². The van der Waals surface area contributed by atoms with Crippen LogP contribution in [0.15, 0.2) is 74.8 Å². The maximum absolute atomic E-state index is 13.5. The summed E-state index contributed by atoms with van der Waals surface area (Å²) in [6.45, 7) is 1.53. The topological polar surface area (TPSA) is 142 Å². The van der Waals surface area contributed by atoms with Crippen molar-refractivity contribution in [3.8, 4) is 11.5 Å². The van der Waals surface area contributed by atoms with Gasteiger partial charge in [-0.2, -0.15) is 0 Å². The van der Waals surface area contributed by atoms with Crippen LogP contribution in [0.1, 0.15) is 24.7 Å². The van der Waals surface area contributed by atoms with Crippen LogP contribution in [0, 0.1) is 12.7 Å². The molecular formula is C26H20BrFN4O6S. The smallest absolute Gasteiger partial charge is 0.262 e. The molecule has 0 radical (unpaired) electrons. The minimum absolute atomic E-state index is 0.0688. The van der Waals surface area contributed by atoms with Gasteiger partial charge in [0, 0.05) is 18.6 Å². The maximum atomic E-state index is 13.5. The fraction of sp³-hybridized carbons (Fsp3) is 0.154. The summed E-state index contributed by atoms with van der Waals surface area (Å²) in [4.78, 5) is 41.6. The number of sulfonamides is 1. The lowest BCUT2D eigenvalue weighted by Crippen LogP contribution is -2.45. The highest BCUT2D eigenvalue weighted by molar-refractivity contribution is 9.10. The first-order valence-electron chi connectivity index (χ1n) is 11.6. The van der Waals surface area contributed by atoms with Gasteiger partial charge in [-0.05, 0) is 65.7 Å². The number of aryl methyl sites for hydroxylation is 1. The van der Waals surface area contributed by atoms with E-state index in [0.29, 0.717) is 4.47 Å². The summed E-state index contributed by atoms with van der Waals surface area (Å²) >= 11 is 3.29. The molecule has 2 atom stereocenters. The number of imide groups is 1. The van der Waals surface area contributed by atoms with Crippen LogP contribution >= 0.6 is 15.9 Å². The van der Waals surface area contributed by atoms with Gasteiger partial charge in [0.15, 0.2) is 15.3 Å². The van der Waals surface area contributed by atoms with Crippen molar-refractivity contribution >= 4 is 54.7 Å². The van der Waals surface area contributed by atoms with E-state index in [1.807, 2.05) is 0 Å². The Kier molecular flexibility index (Phi) is 7.05. The van der Waals surface area contributed by atoms with Gasteiger partial charge in [0.05, 0.1) is 9.86 Å². The molecule has 1 fully saturated rings. The lowest BCUT2D eigenvalue weighted by molar-refractivity contribution is -0.135. The zero-order chi connectivity index (χ0) is 27.9. The van der Waals surface area contributed by atoms with E-state index in [1.54, 1.807) is 6.07 Å². The largest absolute Gasteiger partial charge is 0.588 e. The zero-order valence-electron chi connectivity index (χ0n) is 20.3. The molecule has 200 valence electrons. The Morgan fingerprint density at radius 2 is 1.92 bits per heavy atom. The van der Waals surface area contributed by atoms with Crippen LogP contribution in [-0.2, 0) is 24.2 Å². The lowest BCUT2D eigenvalue weighted by atomic mass is 10.1.